The van der Waals surface area contributed by atoms with E-state index in [-0.39, 0.29) is 19.0 Å². The molecule has 10 nitrogen and oxygen atoms in total. The maximum Gasteiger partial charge on any atom is 0.371 e. The van der Waals surface area contributed by atoms with Gasteiger partial charge in [-0.25, -0.2) is 9.59 Å². The largest absolute Gasteiger partial charge is 0.429 e. The van der Waals surface area contributed by atoms with Crippen molar-refractivity contribution in [3.63, 3.8) is 0 Å². The second-order valence-electron chi connectivity index (χ2n) is 6.06. The van der Waals surface area contributed by atoms with Crippen LogP contribution in [0.5, 0.6) is 5.75 Å². The molecule has 27 heavy (non-hydrogen) atoms. The Bertz CT molecular complexity index is 931. The molecule has 2 aliphatic rings. The topological polar surface area (TPSA) is 124 Å². The lowest BCUT2D eigenvalue weighted by Gasteiger charge is -2.34. The molecule has 1 aromatic heterocycles. The first-order chi connectivity index (χ1) is 12.9. The number of hydrogen-bond donors (Lipinski definition) is 1. The number of anilines is 1. The van der Waals surface area contributed by atoms with Crippen molar-refractivity contribution in [3.05, 3.63) is 52.6 Å². The number of para-hydroxylation sites is 1. The summed E-state index contributed by atoms with van der Waals surface area (Å²) in [7, 11) is 0. The Morgan fingerprint density at radius 2 is 2.11 bits per heavy atom. The van der Waals surface area contributed by atoms with Crippen LogP contribution in [0.1, 0.15) is 23.5 Å². The minimum absolute atomic E-state index is 0.0837. The van der Waals surface area contributed by atoms with Crippen LogP contribution < -0.4 is 16.2 Å². The fourth-order valence-corrected chi connectivity index (χ4v) is 2.77. The number of ether oxygens (including phenoxy) is 5. The van der Waals surface area contributed by atoms with Gasteiger partial charge in [0, 0.05) is 13.1 Å². The van der Waals surface area contributed by atoms with E-state index in [0.717, 1.165) is 0 Å². The summed E-state index contributed by atoms with van der Waals surface area (Å²) in [6, 6.07) is 8.19. The first kappa shape index (κ1) is 17.5. The average molecular weight is 375 g/mol. The van der Waals surface area contributed by atoms with Crippen LogP contribution in [0.4, 0.5) is 5.82 Å². The SMILES string of the molecule is CC1(OC[C@H]2OC[C@@H](n3ccc(N)nc3=O)O2)OC(=O)c2ccccc2O1. The van der Waals surface area contributed by atoms with Crippen molar-refractivity contribution in [2.75, 3.05) is 18.9 Å². The molecule has 0 saturated carbocycles. The van der Waals surface area contributed by atoms with Gasteiger partial charge in [-0.05, 0) is 18.2 Å². The number of benzene rings is 1. The van der Waals surface area contributed by atoms with Crippen LogP contribution in [-0.4, -0.2) is 41.0 Å². The van der Waals surface area contributed by atoms with Crippen LogP contribution in [0.15, 0.2) is 41.3 Å². The Labute approximate surface area is 153 Å². The summed E-state index contributed by atoms with van der Waals surface area (Å²) in [5.74, 6) is -1.68. The summed E-state index contributed by atoms with van der Waals surface area (Å²) in [5.41, 5.74) is 5.25. The fraction of sp³-hybridized carbons (Fsp3) is 0.353. The van der Waals surface area contributed by atoms with E-state index >= 15 is 0 Å². The molecule has 142 valence electrons. The van der Waals surface area contributed by atoms with Gasteiger partial charge in [-0.15, -0.1) is 0 Å². The van der Waals surface area contributed by atoms with E-state index in [0.29, 0.717) is 11.3 Å². The van der Waals surface area contributed by atoms with Crippen molar-refractivity contribution >= 4 is 11.8 Å². The first-order valence-electron chi connectivity index (χ1n) is 8.21. The van der Waals surface area contributed by atoms with Gasteiger partial charge in [-0.2, -0.15) is 4.98 Å². The number of rotatable bonds is 4. The fourth-order valence-electron chi connectivity index (χ4n) is 2.77. The molecule has 1 fully saturated rings. The molecule has 0 amide bonds. The van der Waals surface area contributed by atoms with Crippen LogP contribution in [0, 0.1) is 0 Å². The van der Waals surface area contributed by atoms with E-state index < -0.39 is 30.2 Å². The van der Waals surface area contributed by atoms with Gasteiger partial charge in [0.2, 0.25) is 0 Å². The Morgan fingerprint density at radius 1 is 1.30 bits per heavy atom. The predicted octanol–water partition coefficient (Wildman–Crippen LogP) is 0.637. The highest BCUT2D eigenvalue weighted by Gasteiger charge is 2.41. The molecule has 2 aliphatic heterocycles. The molecule has 10 heteroatoms. The first-order valence-corrected chi connectivity index (χ1v) is 8.21. The summed E-state index contributed by atoms with van der Waals surface area (Å²) in [6.45, 7) is 1.51. The normalized spacial score (nSPS) is 26.9. The zero-order valence-corrected chi connectivity index (χ0v) is 14.4. The van der Waals surface area contributed by atoms with Crippen molar-refractivity contribution in [3.8, 4) is 5.75 Å². The molecule has 3 heterocycles. The Balaban J connectivity index is 1.38. The van der Waals surface area contributed by atoms with Gasteiger partial charge < -0.3 is 29.4 Å². The third-order valence-corrected chi connectivity index (χ3v) is 4.06. The predicted molar refractivity (Wildman–Crippen MR) is 89.6 cm³/mol. The number of aromatic nitrogens is 2. The van der Waals surface area contributed by atoms with Gasteiger partial charge in [0.1, 0.15) is 23.7 Å². The molecule has 0 radical (unpaired) electrons. The van der Waals surface area contributed by atoms with E-state index in [1.54, 1.807) is 24.3 Å². The molecule has 0 spiro atoms. The summed E-state index contributed by atoms with van der Waals surface area (Å²) in [5, 5.41) is 0. The Morgan fingerprint density at radius 3 is 2.93 bits per heavy atom. The highest BCUT2D eigenvalue weighted by Crippen LogP contribution is 2.32. The zero-order chi connectivity index (χ0) is 19.0. The van der Waals surface area contributed by atoms with Crippen molar-refractivity contribution < 1.29 is 28.5 Å². The van der Waals surface area contributed by atoms with E-state index in [1.165, 1.54) is 23.8 Å². The molecular weight excluding hydrogens is 358 g/mol. The molecule has 1 unspecified atom stereocenters. The van der Waals surface area contributed by atoms with Crippen LogP contribution >= 0.6 is 0 Å². The second kappa shape index (κ2) is 6.65. The number of cyclic esters (lactones) is 1. The maximum absolute atomic E-state index is 12.1. The van der Waals surface area contributed by atoms with E-state index in [4.69, 9.17) is 29.4 Å². The van der Waals surface area contributed by atoms with Crippen molar-refractivity contribution in [1.82, 2.24) is 9.55 Å². The number of esters is 1. The second-order valence-corrected chi connectivity index (χ2v) is 6.06. The summed E-state index contributed by atoms with van der Waals surface area (Å²) < 4.78 is 28.8. The molecular formula is C17H17N3O7. The zero-order valence-electron chi connectivity index (χ0n) is 14.4. The molecule has 0 aliphatic carbocycles. The molecule has 2 N–H and O–H groups in total. The van der Waals surface area contributed by atoms with Gasteiger partial charge >= 0.3 is 17.6 Å². The maximum atomic E-state index is 12.1. The van der Waals surface area contributed by atoms with Gasteiger partial charge in [0.15, 0.2) is 12.5 Å². The number of carbonyl (C=O) groups is 1. The highest BCUT2D eigenvalue weighted by molar-refractivity contribution is 5.93. The van der Waals surface area contributed by atoms with Crippen LogP contribution in [0.3, 0.4) is 0 Å². The third-order valence-electron chi connectivity index (χ3n) is 4.06. The number of fused-ring (bicyclic) bond motifs is 1. The van der Waals surface area contributed by atoms with Gasteiger partial charge in [-0.3, -0.25) is 4.57 Å². The van der Waals surface area contributed by atoms with Gasteiger partial charge in [0.05, 0.1) is 6.61 Å². The lowest BCUT2D eigenvalue weighted by atomic mass is 10.2. The number of hydrogen-bond acceptors (Lipinski definition) is 9. The molecule has 3 atom stereocenters. The number of nitrogens with two attached hydrogens (primary N) is 1. The quantitative estimate of drug-likeness (QED) is 0.766. The molecule has 2 aromatic rings. The van der Waals surface area contributed by atoms with Crippen molar-refractivity contribution in [2.45, 2.75) is 25.4 Å². The minimum atomic E-state index is -1.62. The number of carbonyl (C=O) groups excluding carboxylic acids is 1. The van der Waals surface area contributed by atoms with Crippen molar-refractivity contribution in [1.29, 1.82) is 0 Å². The van der Waals surface area contributed by atoms with Gasteiger partial charge in [0.25, 0.3) is 0 Å². The summed E-state index contributed by atoms with van der Waals surface area (Å²) in [4.78, 5) is 27.6. The molecule has 0 bridgehead atoms. The molecule has 4 rings (SSSR count). The van der Waals surface area contributed by atoms with Crippen LogP contribution in [0.25, 0.3) is 0 Å². The van der Waals surface area contributed by atoms with E-state index in [1.807, 2.05) is 0 Å². The van der Waals surface area contributed by atoms with E-state index in [9.17, 15) is 9.59 Å². The monoisotopic (exact) mass is 375 g/mol. The molecule has 1 aromatic carbocycles. The van der Waals surface area contributed by atoms with Crippen LogP contribution in [-0.2, 0) is 18.9 Å². The Hall–Kier alpha value is -2.95. The number of nitrogens with zero attached hydrogens (tertiary/aromatic N) is 2. The lowest BCUT2D eigenvalue weighted by molar-refractivity contribution is -0.324. The summed E-state index contributed by atoms with van der Waals surface area (Å²) >= 11 is 0. The Kier molecular flexibility index (Phi) is 4.30. The minimum Gasteiger partial charge on any atom is -0.429 e. The average Bonchev–Trinajstić information content (AvgIpc) is 3.09. The van der Waals surface area contributed by atoms with Gasteiger partial charge in [-0.1, -0.05) is 12.1 Å². The van der Waals surface area contributed by atoms with Crippen LogP contribution in [0.2, 0.25) is 0 Å². The van der Waals surface area contributed by atoms with E-state index in [2.05, 4.69) is 4.98 Å². The highest BCUT2D eigenvalue weighted by atomic mass is 16.9. The van der Waals surface area contributed by atoms with Crippen molar-refractivity contribution in [2.24, 2.45) is 0 Å². The third kappa shape index (κ3) is 3.50. The smallest absolute Gasteiger partial charge is 0.371 e. The number of nitrogen functional groups attached to an aromatic ring is 1. The lowest BCUT2D eigenvalue weighted by Crippen LogP contribution is -2.45. The standard InChI is InChI=1S/C17H17N3O7/c1-17(26-11-5-3-2-4-10(11)15(21)27-17)24-9-14-23-8-13(25-14)20-7-6-12(18)19-16(20)22/h2-7,13-14H,8-9H2,1H3,(H2,18,19,22)/t13-,14-,17?/m0/s1. The summed E-state index contributed by atoms with van der Waals surface area (Å²) in [6.07, 6.45) is 0.0324. The molecule has 1 saturated heterocycles.